The van der Waals surface area contributed by atoms with Gasteiger partial charge in [-0.3, -0.25) is 0 Å². The van der Waals surface area contributed by atoms with E-state index in [-0.39, 0.29) is 12.7 Å². The van der Waals surface area contributed by atoms with Crippen molar-refractivity contribution in [3.8, 4) is 5.75 Å². The van der Waals surface area contributed by atoms with E-state index in [2.05, 4.69) is 24.3 Å². The number of aliphatic hydroxyl groups is 1. The van der Waals surface area contributed by atoms with Crippen LogP contribution in [0.25, 0.3) is 0 Å². The minimum Gasteiger partial charge on any atom is -0.486 e. The molecule has 0 saturated heterocycles. The Morgan fingerprint density at radius 3 is 2.89 bits per heavy atom. The van der Waals surface area contributed by atoms with Gasteiger partial charge in [-0.25, -0.2) is 0 Å². The Morgan fingerprint density at radius 2 is 2.00 bits per heavy atom. The van der Waals surface area contributed by atoms with Crippen molar-refractivity contribution in [2.75, 3.05) is 0 Å². The monoisotopic (exact) mass is 240 g/mol. The molecule has 2 aromatic carbocycles. The number of rotatable bonds is 3. The van der Waals surface area contributed by atoms with Crippen molar-refractivity contribution in [2.24, 2.45) is 0 Å². The summed E-state index contributed by atoms with van der Waals surface area (Å²) >= 11 is 0. The van der Waals surface area contributed by atoms with E-state index in [0.29, 0.717) is 0 Å². The van der Waals surface area contributed by atoms with Gasteiger partial charge in [-0.1, -0.05) is 36.4 Å². The molecule has 2 nitrogen and oxygen atoms in total. The number of hydrogen-bond donors (Lipinski definition) is 1. The van der Waals surface area contributed by atoms with Crippen molar-refractivity contribution in [2.45, 2.75) is 25.6 Å². The van der Waals surface area contributed by atoms with Crippen LogP contribution >= 0.6 is 0 Å². The lowest BCUT2D eigenvalue weighted by atomic mass is 10.1. The Bertz CT molecular complexity index is 548. The predicted molar refractivity (Wildman–Crippen MR) is 70.5 cm³/mol. The molecule has 0 saturated carbocycles. The molecule has 1 aliphatic carbocycles. The van der Waals surface area contributed by atoms with E-state index in [4.69, 9.17) is 9.84 Å². The Morgan fingerprint density at radius 1 is 1.11 bits per heavy atom. The van der Waals surface area contributed by atoms with E-state index in [1.807, 2.05) is 24.3 Å². The van der Waals surface area contributed by atoms with Crippen LogP contribution < -0.4 is 4.74 Å². The zero-order chi connectivity index (χ0) is 12.4. The van der Waals surface area contributed by atoms with Crippen LogP contribution in [0, 0.1) is 0 Å². The first-order valence-corrected chi connectivity index (χ1v) is 6.31. The van der Waals surface area contributed by atoms with Gasteiger partial charge in [0.05, 0.1) is 6.61 Å². The SMILES string of the molecule is OCc1cccc(OC2CCc3ccccc32)c1. The molecular formula is C16H16O2. The highest BCUT2D eigenvalue weighted by Gasteiger charge is 2.23. The third-order valence-corrected chi connectivity index (χ3v) is 3.44. The minimum atomic E-state index is 0.0540. The topological polar surface area (TPSA) is 29.5 Å². The maximum Gasteiger partial charge on any atom is 0.124 e. The molecule has 0 aromatic heterocycles. The lowest BCUT2D eigenvalue weighted by Gasteiger charge is -2.15. The van der Waals surface area contributed by atoms with Gasteiger partial charge in [-0.05, 0) is 41.7 Å². The highest BCUT2D eigenvalue weighted by atomic mass is 16.5. The van der Waals surface area contributed by atoms with E-state index in [1.165, 1.54) is 11.1 Å². The van der Waals surface area contributed by atoms with Gasteiger partial charge in [-0.2, -0.15) is 0 Å². The highest BCUT2D eigenvalue weighted by molar-refractivity contribution is 5.35. The van der Waals surface area contributed by atoms with Crippen molar-refractivity contribution in [1.29, 1.82) is 0 Å². The average molecular weight is 240 g/mol. The van der Waals surface area contributed by atoms with Gasteiger partial charge in [0.25, 0.3) is 0 Å². The molecule has 18 heavy (non-hydrogen) atoms. The van der Waals surface area contributed by atoms with Gasteiger partial charge in [0.15, 0.2) is 0 Å². The molecule has 0 spiro atoms. The van der Waals surface area contributed by atoms with Gasteiger partial charge in [0.2, 0.25) is 0 Å². The number of benzene rings is 2. The first kappa shape index (κ1) is 11.3. The number of aryl methyl sites for hydroxylation is 1. The zero-order valence-corrected chi connectivity index (χ0v) is 10.2. The molecule has 0 aliphatic heterocycles. The first-order chi connectivity index (χ1) is 8.86. The number of aliphatic hydroxyl groups excluding tert-OH is 1. The Labute approximate surface area is 107 Å². The second-order valence-electron chi connectivity index (χ2n) is 4.65. The molecular weight excluding hydrogens is 224 g/mol. The molecule has 1 N–H and O–H groups in total. The summed E-state index contributed by atoms with van der Waals surface area (Å²) in [7, 11) is 0. The number of hydrogen-bond acceptors (Lipinski definition) is 2. The summed E-state index contributed by atoms with van der Waals surface area (Å²) in [5.74, 6) is 0.836. The molecule has 0 heterocycles. The van der Waals surface area contributed by atoms with E-state index >= 15 is 0 Å². The summed E-state index contributed by atoms with van der Waals surface area (Å²) in [6, 6.07) is 16.1. The van der Waals surface area contributed by atoms with E-state index in [9.17, 15) is 0 Å². The smallest absolute Gasteiger partial charge is 0.124 e. The van der Waals surface area contributed by atoms with E-state index < -0.39 is 0 Å². The van der Waals surface area contributed by atoms with Crippen LogP contribution in [0.4, 0.5) is 0 Å². The fourth-order valence-corrected chi connectivity index (χ4v) is 2.52. The standard InChI is InChI=1S/C16H16O2/c17-11-12-4-3-6-14(10-12)18-16-9-8-13-5-1-2-7-15(13)16/h1-7,10,16-17H,8-9,11H2. The fourth-order valence-electron chi connectivity index (χ4n) is 2.52. The Hall–Kier alpha value is -1.80. The van der Waals surface area contributed by atoms with Crippen LogP contribution in [0.5, 0.6) is 5.75 Å². The Kier molecular flexibility index (Phi) is 3.03. The lowest BCUT2D eigenvalue weighted by Crippen LogP contribution is -2.03. The molecule has 1 unspecified atom stereocenters. The maximum atomic E-state index is 9.13. The summed E-state index contributed by atoms with van der Waals surface area (Å²) in [4.78, 5) is 0. The highest BCUT2D eigenvalue weighted by Crippen LogP contribution is 2.34. The summed E-state index contributed by atoms with van der Waals surface area (Å²) < 4.78 is 6.03. The van der Waals surface area contributed by atoms with Crippen LogP contribution in [0.2, 0.25) is 0 Å². The number of ether oxygens (including phenoxy) is 1. The van der Waals surface area contributed by atoms with Gasteiger partial charge < -0.3 is 9.84 Å². The predicted octanol–water partition coefficient (Wildman–Crippen LogP) is 3.25. The molecule has 0 radical (unpaired) electrons. The van der Waals surface area contributed by atoms with Crippen LogP contribution in [0.15, 0.2) is 48.5 Å². The third kappa shape index (κ3) is 2.12. The van der Waals surface area contributed by atoms with Gasteiger partial charge >= 0.3 is 0 Å². The molecule has 2 heteroatoms. The second-order valence-corrected chi connectivity index (χ2v) is 4.65. The molecule has 2 aromatic rings. The van der Waals surface area contributed by atoms with Gasteiger partial charge in [0.1, 0.15) is 11.9 Å². The summed E-state index contributed by atoms with van der Waals surface area (Å²) in [6.45, 7) is 0.0540. The molecule has 3 rings (SSSR count). The molecule has 1 aliphatic rings. The van der Waals surface area contributed by atoms with Gasteiger partial charge in [-0.15, -0.1) is 0 Å². The van der Waals surface area contributed by atoms with Crippen molar-refractivity contribution < 1.29 is 9.84 Å². The maximum absolute atomic E-state index is 9.13. The Balaban J connectivity index is 1.82. The minimum absolute atomic E-state index is 0.0540. The summed E-state index contributed by atoms with van der Waals surface area (Å²) in [5, 5.41) is 9.13. The van der Waals surface area contributed by atoms with Crippen LogP contribution in [-0.2, 0) is 13.0 Å². The van der Waals surface area contributed by atoms with Crippen molar-refractivity contribution in [3.05, 3.63) is 65.2 Å². The van der Waals surface area contributed by atoms with Crippen LogP contribution in [-0.4, -0.2) is 5.11 Å². The quantitative estimate of drug-likeness (QED) is 0.892. The molecule has 1 atom stereocenters. The van der Waals surface area contributed by atoms with Crippen LogP contribution in [0.3, 0.4) is 0 Å². The first-order valence-electron chi connectivity index (χ1n) is 6.31. The largest absolute Gasteiger partial charge is 0.486 e. The van der Waals surface area contributed by atoms with E-state index in [0.717, 1.165) is 24.2 Å². The number of fused-ring (bicyclic) bond motifs is 1. The lowest BCUT2D eigenvalue weighted by molar-refractivity contribution is 0.206. The molecule has 0 bridgehead atoms. The molecule has 0 fully saturated rings. The van der Waals surface area contributed by atoms with Crippen LogP contribution in [0.1, 0.15) is 29.2 Å². The third-order valence-electron chi connectivity index (χ3n) is 3.44. The second kappa shape index (κ2) is 4.83. The van der Waals surface area contributed by atoms with Crippen molar-refractivity contribution in [3.63, 3.8) is 0 Å². The normalized spacial score (nSPS) is 17.5. The fraction of sp³-hybridized carbons (Fsp3) is 0.250. The van der Waals surface area contributed by atoms with E-state index in [1.54, 1.807) is 0 Å². The van der Waals surface area contributed by atoms with Crippen molar-refractivity contribution >= 4 is 0 Å². The zero-order valence-electron chi connectivity index (χ0n) is 10.2. The summed E-state index contributed by atoms with van der Waals surface area (Å²) in [6.07, 6.45) is 2.26. The van der Waals surface area contributed by atoms with Crippen molar-refractivity contribution in [1.82, 2.24) is 0 Å². The summed E-state index contributed by atoms with van der Waals surface area (Å²) in [5.41, 5.74) is 3.58. The van der Waals surface area contributed by atoms with Gasteiger partial charge in [0, 0.05) is 0 Å². The molecule has 92 valence electrons. The average Bonchev–Trinajstić information content (AvgIpc) is 2.83. The molecule has 0 amide bonds.